The molecule has 5 nitrogen and oxygen atoms in total. The van der Waals surface area contributed by atoms with Gasteiger partial charge in [0.2, 0.25) is 5.95 Å². The number of halogens is 1. The van der Waals surface area contributed by atoms with Gasteiger partial charge in [-0.25, -0.2) is 9.97 Å². The van der Waals surface area contributed by atoms with E-state index in [1.165, 1.54) is 12.4 Å². The van der Waals surface area contributed by atoms with Crippen molar-refractivity contribution in [1.29, 1.82) is 0 Å². The Kier molecular flexibility index (Phi) is 5.26. The van der Waals surface area contributed by atoms with Crippen LogP contribution in [0.15, 0.2) is 60.9 Å². The zero-order valence-electron chi connectivity index (χ0n) is 13.7. The van der Waals surface area contributed by atoms with Crippen molar-refractivity contribution in [3.63, 3.8) is 0 Å². The summed E-state index contributed by atoms with van der Waals surface area (Å²) in [5.41, 5.74) is 3.42. The Labute approximate surface area is 151 Å². The lowest BCUT2D eigenvalue weighted by Crippen LogP contribution is -2.23. The summed E-state index contributed by atoms with van der Waals surface area (Å²) < 4.78 is 0. The number of aromatic nitrogens is 2. The van der Waals surface area contributed by atoms with Gasteiger partial charge in [0, 0.05) is 29.6 Å². The summed E-state index contributed by atoms with van der Waals surface area (Å²) in [4.78, 5) is 20.5. The third-order valence-electron chi connectivity index (χ3n) is 3.55. The first kappa shape index (κ1) is 16.9. The number of carbonyl (C=O) groups is 1. The lowest BCUT2D eigenvalue weighted by Gasteiger charge is -2.07. The van der Waals surface area contributed by atoms with Crippen molar-refractivity contribution >= 4 is 29.1 Å². The quantitative estimate of drug-likeness (QED) is 0.725. The van der Waals surface area contributed by atoms with E-state index in [0.29, 0.717) is 23.1 Å². The number of hydrogen-bond donors (Lipinski definition) is 2. The second-order valence-corrected chi connectivity index (χ2v) is 6.04. The lowest BCUT2D eigenvalue weighted by atomic mass is 10.2. The molecular formula is C19H17ClN4O. The van der Waals surface area contributed by atoms with Crippen molar-refractivity contribution in [2.75, 3.05) is 5.32 Å². The molecule has 0 saturated heterocycles. The van der Waals surface area contributed by atoms with Gasteiger partial charge in [0.1, 0.15) is 0 Å². The first-order valence-corrected chi connectivity index (χ1v) is 8.16. The third kappa shape index (κ3) is 4.78. The van der Waals surface area contributed by atoms with Gasteiger partial charge >= 0.3 is 0 Å². The highest BCUT2D eigenvalue weighted by Gasteiger charge is 2.07. The SMILES string of the molecule is Cc1cccc(Nc2ncc(C(=O)NCc3ccc(Cl)cc3)cn2)c1. The van der Waals surface area contributed by atoms with E-state index in [4.69, 9.17) is 11.6 Å². The molecule has 0 spiro atoms. The molecule has 3 aromatic rings. The standard InChI is InChI=1S/C19H17ClN4O/c1-13-3-2-4-17(9-13)24-19-22-11-15(12-23-19)18(25)21-10-14-5-7-16(20)8-6-14/h2-9,11-12H,10H2,1H3,(H,21,25)(H,22,23,24). The Hall–Kier alpha value is -2.92. The number of aryl methyl sites for hydroxylation is 1. The Morgan fingerprint density at radius 3 is 2.48 bits per heavy atom. The minimum absolute atomic E-state index is 0.225. The Morgan fingerprint density at radius 1 is 1.08 bits per heavy atom. The molecular weight excluding hydrogens is 336 g/mol. The molecule has 126 valence electrons. The van der Waals surface area contributed by atoms with Gasteiger partial charge in [0.25, 0.3) is 5.91 Å². The number of hydrogen-bond acceptors (Lipinski definition) is 4. The molecule has 2 N–H and O–H groups in total. The number of benzene rings is 2. The van der Waals surface area contributed by atoms with Gasteiger partial charge in [-0.1, -0.05) is 35.9 Å². The fraction of sp³-hybridized carbons (Fsp3) is 0.105. The van der Waals surface area contributed by atoms with Gasteiger partial charge in [0.05, 0.1) is 5.56 Å². The summed E-state index contributed by atoms with van der Waals surface area (Å²) in [5, 5.41) is 6.60. The Bertz CT molecular complexity index is 863. The molecule has 6 heteroatoms. The third-order valence-corrected chi connectivity index (χ3v) is 3.81. The number of carbonyl (C=O) groups excluding carboxylic acids is 1. The molecule has 25 heavy (non-hydrogen) atoms. The summed E-state index contributed by atoms with van der Waals surface area (Å²) in [6.07, 6.45) is 3.00. The molecule has 1 heterocycles. The maximum Gasteiger partial charge on any atom is 0.254 e. The van der Waals surface area contributed by atoms with E-state index in [-0.39, 0.29) is 5.91 Å². The van der Waals surface area contributed by atoms with Crippen LogP contribution in [0.5, 0.6) is 0 Å². The van der Waals surface area contributed by atoms with Crippen LogP contribution in [0.4, 0.5) is 11.6 Å². The van der Waals surface area contributed by atoms with Crippen LogP contribution < -0.4 is 10.6 Å². The molecule has 0 saturated carbocycles. The molecule has 0 unspecified atom stereocenters. The molecule has 0 aliphatic carbocycles. The summed E-state index contributed by atoms with van der Waals surface area (Å²) in [7, 11) is 0. The van der Waals surface area contributed by atoms with E-state index in [9.17, 15) is 4.79 Å². The van der Waals surface area contributed by atoms with Gasteiger partial charge in [-0.3, -0.25) is 4.79 Å². The second kappa shape index (κ2) is 7.77. The van der Waals surface area contributed by atoms with E-state index in [1.807, 2.05) is 43.3 Å². The maximum atomic E-state index is 12.2. The van der Waals surface area contributed by atoms with Crippen LogP contribution in [-0.2, 0) is 6.54 Å². The normalized spacial score (nSPS) is 10.3. The van der Waals surface area contributed by atoms with Gasteiger partial charge < -0.3 is 10.6 Å². The number of nitrogens with zero attached hydrogens (tertiary/aromatic N) is 2. The predicted octanol–water partition coefficient (Wildman–Crippen LogP) is 4.11. The van der Waals surface area contributed by atoms with E-state index in [2.05, 4.69) is 20.6 Å². The second-order valence-electron chi connectivity index (χ2n) is 5.60. The first-order valence-electron chi connectivity index (χ1n) is 7.78. The van der Waals surface area contributed by atoms with Crippen LogP contribution in [-0.4, -0.2) is 15.9 Å². The molecule has 0 bridgehead atoms. The minimum atomic E-state index is -0.225. The molecule has 0 radical (unpaired) electrons. The topological polar surface area (TPSA) is 66.9 Å². The summed E-state index contributed by atoms with van der Waals surface area (Å²) in [5.74, 6) is 0.219. The van der Waals surface area contributed by atoms with Gasteiger partial charge in [-0.2, -0.15) is 0 Å². The Morgan fingerprint density at radius 2 is 1.80 bits per heavy atom. The van der Waals surface area contributed by atoms with Crippen molar-refractivity contribution in [3.8, 4) is 0 Å². The molecule has 0 aliphatic heterocycles. The van der Waals surface area contributed by atoms with Crippen molar-refractivity contribution in [1.82, 2.24) is 15.3 Å². The van der Waals surface area contributed by atoms with Gasteiger partial charge in [0.15, 0.2) is 0 Å². The average Bonchev–Trinajstić information content (AvgIpc) is 2.62. The van der Waals surface area contributed by atoms with Crippen LogP contribution in [0.3, 0.4) is 0 Å². The van der Waals surface area contributed by atoms with Crippen molar-refractivity contribution < 1.29 is 4.79 Å². The number of rotatable bonds is 5. The number of anilines is 2. The molecule has 2 aromatic carbocycles. The summed E-state index contributed by atoms with van der Waals surface area (Å²) in [6.45, 7) is 2.43. The fourth-order valence-corrected chi connectivity index (χ4v) is 2.37. The maximum absolute atomic E-state index is 12.2. The van der Waals surface area contributed by atoms with Crippen LogP contribution in [0.1, 0.15) is 21.5 Å². The van der Waals surface area contributed by atoms with E-state index < -0.39 is 0 Å². The lowest BCUT2D eigenvalue weighted by molar-refractivity contribution is 0.0950. The van der Waals surface area contributed by atoms with Crippen LogP contribution in [0.2, 0.25) is 5.02 Å². The summed E-state index contributed by atoms with van der Waals surface area (Å²) >= 11 is 5.84. The molecule has 3 rings (SSSR count). The monoisotopic (exact) mass is 352 g/mol. The minimum Gasteiger partial charge on any atom is -0.348 e. The van der Waals surface area contributed by atoms with Crippen LogP contribution in [0, 0.1) is 6.92 Å². The average molecular weight is 353 g/mol. The predicted molar refractivity (Wildman–Crippen MR) is 99.1 cm³/mol. The molecule has 0 atom stereocenters. The molecule has 0 aliphatic rings. The van der Waals surface area contributed by atoms with Crippen molar-refractivity contribution in [3.05, 3.63) is 82.6 Å². The highest BCUT2D eigenvalue weighted by molar-refractivity contribution is 6.30. The largest absolute Gasteiger partial charge is 0.348 e. The van der Waals surface area contributed by atoms with Gasteiger partial charge in [-0.15, -0.1) is 0 Å². The van der Waals surface area contributed by atoms with Gasteiger partial charge in [-0.05, 0) is 42.3 Å². The first-order chi connectivity index (χ1) is 12.1. The van der Waals surface area contributed by atoms with E-state index >= 15 is 0 Å². The van der Waals surface area contributed by atoms with E-state index in [1.54, 1.807) is 12.1 Å². The zero-order valence-corrected chi connectivity index (χ0v) is 14.4. The van der Waals surface area contributed by atoms with Crippen molar-refractivity contribution in [2.24, 2.45) is 0 Å². The molecule has 1 aromatic heterocycles. The van der Waals surface area contributed by atoms with Crippen LogP contribution in [0.25, 0.3) is 0 Å². The Balaban J connectivity index is 1.59. The summed E-state index contributed by atoms with van der Waals surface area (Å²) in [6, 6.07) is 15.2. The van der Waals surface area contributed by atoms with Crippen molar-refractivity contribution in [2.45, 2.75) is 13.5 Å². The van der Waals surface area contributed by atoms with Crippen LogP contribution >= 0.6 is 11.6 Å². The molecule has 0 fully saturated rings. The molecule has 1 amide bonds. The number of amides is 1. The highest BCUT2D eigenvalue weighted by Crippen LogP contribution is 2.14. The zero-order chi connectivity index (χ0) is 17.6. The van der Waals surface area contributed by atoms with E-state index in [0.717, 1.165) is 16.8 Å². The highest BCUT2D eigenvalue weighted by atomic mass is 35.5. The number of nitrogens with one attached hydrogen (secondary N) is 2. The smallest absolute Gasteiger partial charge is 0.254 e. The fourth-order valence-electron chi connectivity index (χ4n) is 2.25.